The highest BCUT2D eigenvalue weighted by molar-refractivity contribution is 5.70. The van der Waals surface area contributed by atoms with Gasteiger partial charge in [0.15, 0.2) is 0 Å². The Balaban J connectivity index is 1.97. The van der Waals surface area contributed by atoms with Crippen LogP contribution in [0.15, 0.2) is 0 Å². The topological polar surface area (TPSA) is 26.3 Å². The van der Waals surface area contributed by atoms with Gasteiger partial charge in [-0.05, 0) is 36.5 Å². The molecule has 2 aliphatic carbocycles. The molecule has 0 aromatic heterocycles. The molecule has 2 fully saturated rings. The third-order valence-electron chi connectivity index (χ3n) is 4.11. The molecular weight excluding hydrogens is 188 g/mol. The minimum absolute atomic E-state index is 0.00949. The van der Waals surface area contributed by atoms with Crippen LogP contribution in [0.5, 0.6) is 0 Å². The number of methoxy groups -OCH3 is 1. The first-order valence-corrected chi connectivity index (χ1v) is 6.20. The molecular formula is C13H22O2. The lowest BCUT2D eigenvalue weighted by atomic mass is 9.77. The van der Waals surface area contributed by atoms with Gasteiger partial charge in [-0.3, -0.25) is 4.79 Å². The third-order valence-corrected chi connectivity index (χ3v) is 4.11. The lowest BCUT2D eigenvalue weighted by molar-refractivity contribution is -0.143. The number of carbonyl (C=O) groups is 1. The lowest BCUT2D eigenvalue weighted by Gasteiger charge is -2.28. The molecule has 15 heavy (non-hydrogen) atoms. The van der Waals surface area contributed by atoms with Crippen molar-refractivity contribution in [2.24, 2.45) is 17.3 Å². The summed E-state index contributed by atoms with van der Waals surface area (Å²) in [7, 11) is 1.51. The molecule has 0 N–H and O–H groups in total. The van der Waals surface area contributed by atoms with E-state index in [9.17, 15) is 4.79 Å². The summed E-state index contributed by atoms with van der Waals surface area (Å²) in [5, 5.41) is 0. The maximum absolute atomic E-state index is 11.5. The van der Waals surface area contributed by atoms with Crippen LogP contribution >= 0.6 is 0 Å². The van der Waals surface area contributed by atoms with Crippen molar-refractivity contribution in [1.29, 1.82) is 0 Å². The van der Waals surface area contributed by atoms with E-state index in [1.165, 1.54) is 45.6 Å². The standard InChI is InChI=1S/C13H22O2/c1-10-5-6-13(7-10,8-11-3-4-11)9-12(14)15-2/h10-11H,3-9H2,1-2H3/t10-,13+/m1/s1. The molecule has 2 heteroatoms. The second-order valence-electron chi connectivity index (χ2n) is 5.75. The zero-order valence-electron chi connectivity index (χ0n) is 9.92. The summed E-state index contributed by atoms with van der Waals surface area (Å²) in [6.45, 7) is 2.31. The van der Waals surface area contributed by atoms with Gasteiger partial charge in [-0.2, -0.15) is 0 Å². The molecule has 0 saturated heterocycles. The van der Waals surface area contributed by atoms with Gasteiger partial charge in [-0.1, -0.05) is 26.2 Å². The zero-order chi connectivity index (χ0) is 10.9. The Morgan fingerprint density at radius 1 is 1.40 bits per heavy atom. The fourth-order valence-electron chi connectivity index (χ4n) is 3.23. The van der Waals surface area contributed by atoms with Crippen LogP contribution < -0.4 is 0 Å². The van der Waals surface area contributed by atoms with E-state index in [-0.39, 0.29) is 5.97 Å². The summed E-state index contributed by atoms with van der Waals surface area (Å²) in [6, 6.07) is 0. The average molecular weight is 210 g/mol. The lowest BCUT2D eigenvalue weighted by Crippen LogP contribution is -2.23. The van der Waals surface area contributed by atoms with E-state index in [4.69, 9.17) is 4.74 Å². The van der Waals surface area contributed by atoms with E-state index in [0.717, 1.165) is 11.8 Å². The van der Waals surface area contributed by atoms with Crippen molar-refractivity contribution in [3.05, 3.63) is 0 Å². The van der Waals surface area contributed by atoms with Crippen molar-refractivity contribution in [2.75, 3.05) is 7.11 Å². The molecule has 0 heterocycles. The van der Waals surface area contributed by atoms with Crippen LogP contribution in [0.1, 0.15) is 51.9 Å². The first kappa shape index (κ1) is 11.0. The van der Waals surface area contributed by atoms with Crippen molar-refractivity contribution in [3.63, 3.8) is 0 Å². The quantitative estimate of drug-likeness (QED) is 0.666. The maximum atomic E-state index is 11.5. The van der Waals surface area contributed by atoms with Crippen molar-refractivity contribution in [2.45, 2.75) is 51.9 Å². The van der Waals surface area contributed by atoms with Gasteiger partial charge in [0.1, 0.15) is 0 Å². The van der Waals surface area contributed by atoms with Gasteiger partial charge in [-0.15, -0.1) is 0 Å². The molecule has 0 aromatic rings. The molecule has 0 bridgehead atoms. The van der Waals surface area contributed by atoms with Crippen LogP contribution in [0, 0.1) is 17.3 Å². The van der Waals surface area contributed by atoms with Crippen LogP contribution in [0.4, 0.5) is 0 Å². The minimum atomic E-state index is -0.00949. The van der Waals surface area contributed by atoms with Crippen LogP contribution in [0.2, 0.25) is 0 Å². The molecule has 2 saturated carbocycles. The van der Waals surface area contributed by atoms with Gasteiger partial charge >= 0.3 is 5.97 Å². The van der Waals surface area contributed by atoms with E-state index < -0.39 is 0 Å². The average Bonchev–Trinajstić information content (AvgIpc) is 2.91. The molecule has 2 nitrogen and oxygen atoms in total. The molecule has 0 amide bonds. The summed E-state index contributed by atoms with van der Waals surface area (Å²) < 4.78 is 4.84. The first-order chi connectivity index (χ1) is 7.13. The molecule has 2 rings (SSSR count). The number of esters is 1. The van der Waals surface area contributed by atoms with Crippen molar-refractivity contribution >= 4 is 5.97 Å². The Kier molecular flexibility index (Phi) is 3.03. The van der Waals surface area contributed by atoms with Gasteiger partial charge in [0.2, 0.25) is 0 Å². The summed E-state index contributed by atoms with van der Waals surface area (Å²) in [5.74, 6) is 1.71. The Labute approximate surface area is 92.4 Å². The van der Waals surface area contributed by atoms with E-state index in [1.54, 1.807) is 0 Å². The number of hydrogen-bond donors (Lipinski definition) is 0. The molecule has 0 radical (unpaired) electrons. The molecule has 0 unspecified atom stereocenters. The zero-order valence-corrected chi connectivity index (χ0v) is 9.92. The molecule has 86 valence electrons. The molecule has 2 atom stereocenters. The van der Waals surface area contributed by atoms with Crippen LogP contribution in [0.25, 0.3) is 0 Å². The van der Waals surface area contributed by atoms with Gasteiger partial charge in [0, 0.05) is 0 Å². The van der Waals surface area contributed by atoms with Crippen molar-refractivity contribution < 1.29 is 9.53 Å². The summed E-state index contributed by atoms with van der Waals surface area (Å²) in [4.78, 5) is 11.5. The third kappa shape index (κ3) is 2.73. The normalized spacial score (nSPS) is 35.5. The van der Waals surface area contributed by atoms with E-state index in [2.05, 4.69) is 6.92 Å². The van der Waals surface area contributed by atoms with Gasteiger partial charge in [0.25, 0.3) is 0 Å². The number of carbonyl (C=O) groups excluding carboxylic acids is 1. The number of ether oxygens (including phenoxy) is 1. The highest BCUT2D eigenvalue weighted by Crippen LogP contribution is 2.52. The highest BCUT2D eigenvalue weighted by Gasteiger charge is 2.43. The predicted octanol–water partition coefficient (Wildman–Crippen LogP) is 3.16. The van der Waals surface area contributed by atoms with Crippen molar-refractivity contribution in [3.8, 4) is 0 Å². The Morgan fingerprint density at radius 3 is 2.60 bits per heavy atom. The molecule has 0 spiro atoms. The summed E-state index contributed by atoms with van der Waals surface area (Å²) in [6.07, 6.45) is 8.47. The minimum Gasteiger partial charge on any atom is -0.469 e. The largest absolute Gasteiger partial charge is 0.469 e. The maximum Gasteiger partial charge on any atom is 0.306 e. The Bertz CT molecular complexity index is 245. The summed E-state index contributed by atoms with van der Waals surface area (Å²) >= 11 is 0. The van der Waals surface area contributed by atoms with Crippen LogP contribution in [0.3, 0.4) is 0 Å². The van der Waals surface area contributed by atoms with Crippen LogP contribution in [-0.4, -0.2) is 13.1 Å². The van der Waals surface area contributed by atoms with Gasteiger partial charge in [0.05, 0.1) is 13.5 Å². The molecule has 0 aromatic carbocycles. The molecule has 2 aliphatic rings. The highest BCUT2D eigenvalue weighted by atomic mass is 16.5. The molecule has 0 aliphatic heterocycles. The Hall–Kier alpha value is -0.530. The van der Waals surface area contributed by atoms with Gasteiger partial charge in [-0.25, -0.2) is 0 Å². The van der Waals surface area contributed by atoms with E-state index >= 15 is 0 Å². The van der Waals surface area contributed by atoms with Crippen LogP contribution in [-0.2, 0) is 9.53 Å². The van der Waals surface area contributed by atoms with Gasteiger partial charge < -0.3 is 4.74 Å². The van der Waals surface area contributed by atoms with Crippen molar-refractivity contribution in [1.82, 2.24) is 0 Å². The monoisotopic (exact) mass is 210 g/mol. The number of hydrogen-bond acceptors (Lipinski definition) is 2. The first-order valence-electron chi connectivity index (χ1n) is 6.20. The fourth-order valence-corrected chi connectivity index (χ4v) is 3.23. The van der Waals surface area contributed by atoms with E-state index in [1.807, 2.05) is 0 Å². The van der Waals surface area contributed by atoms with E-state index in [0.29, 0.717) is 11.8 Å². The second kappa shape index (κ2) is 4.15. The second-order valence-corrected chi connectivity index (χ2v) is 5.75. The smallest absolute Gasteiger partial charge is 0.306 e. The number of rotatable bonds is 4. The predicted molar refractivity (Wildman–Crippen MR) is 59.4 cm³/mol. The fraction of sp³-hybridized carbons (Fsp3) is 0.923. The SMILES string of the molecule is COC(=O)C[C@@]1(CC2CC2)CC[C@@H](C)C1. The Morgan fingerprint density at radius 2 is 2.13 bits per heavy atom. The summed E-state index contributed by atoms with van der Waals surface area (Å²) in [5.41, 5.74) is 0.299.